The van der Waals surface area contributed by atoms with Crippen molar-refractivity contribution in [2.45, 2.75) is 75.3 Å². The van der Waals surface area contributed by atoms with Crippen LogP contribution < -0.4 is 38.1 Å². The van der Waals surface area contributed by atoms with Gasteiger partial charge < -0.3 is 53.4 Å². The minimum atomic E-state index is -1.38. The van der Waals surface area contributed by atoms with Crippen molar-refractivity contribution in [3.63, 3.8) is 0 Å². The Bertz CT molecular complexity index is 767. The minimum absolute atomic E-state index is 0.0170. The summed E-state index contributed by atoms with van der Waals surface area (Å²) in [6.07, 6.45) is -0.0576. The van der Waals surface area contributed by atoms with Gasteiger partial charge in [-0.05, 0) is 32.6 Å². The van der Waals surface area contributed by atoms with Gasteiger partial charge in [-0.15, -0.1) is 0 Å². The highest BCUT2D eigenvalue weighted by Gasteiger charge is 2.30. The molecule has 0 spiro atoms. The molecule has 1 rings (SSSR count). The van der Waals surface area contributed by atoms with Crippen molar-refractivity contribution in [3.05, 3.63) is 0 Å². The van der Waals surface area contributed by atoms with Crippen LogP contribution in [0.15, 0.2) is 0 Å². The fraction of sp³-hybridized carbons (Fsp3) is 0.762. The van der Waals surface area contributed by atoms with Crippen LogP contribution in [-0.2, 0) is 24.0 Å². The number of amides is 5. The van der Waals surface area contributed by atoms with Gasteiger partial charge in [0.15, 0.2) is 0 Å². The van der Waals surface area contributed by atoms with Gasteiger partial charge in [0.1, 0.15) is 12.1 Å². The van der Waals surface area contributed by atoms with Gasteiger partial charge in [0, 0.05) is 19.5 Å². The summed E-state index contributed by atoms with van der Waals surface area (Å²) in [7, 11) is 0. The van der Waals surface area contributed by atoms with E-state index >= 15 is 0 Å². The molecule has 0 saturated carbocycles. The third-order valence-corrected chi connectivity index (χ3v) is 5.66. The molecule has 36 heavy (non-hydrogen) atoms. The topological polar surface area (TPSA) is 258 Å². The Hall–Kier alpha value is -2.85. The van der Waals surface area contributed by atoms with E-state index in [4.69, 9.17) is 11.5 Å². The fourth-order valence-corrected chi connectivity index (χ4v) is 3.41. The zero-order valence-corrected chi connectivity index (χ0v) is 20.4. The number of carbonyl (C=O) groups is 5. The summed E-state index contributed by atoms with van der Waals surface area (Å²) in [4.78, 5) is 61.2. The van der Waals surface area contributed by atoms with E-state index in [0.29, 0.717) is 19.4 Å². The SMILES string of the molecule is CC(O)[C@@H]1NC(=O)[C@@H](N)CCC(=O)NCCCC[C@@H](C(=O)N[C@@H](CO)C(N)=O)NC[C@H](CO)NC1=O. The second-order valence-corrected chi connectivity index (χ2v) is 8.71. The molecule has 15 heteroatoms. The maximum Gasteiger partial charge on any atom is 0.245 e. The minimum Gasteiger partial charge on any atom is -0.394 e. The van der Waals surface area contributed by atoms with Gasteiger partial charge in [0.2, 0.25) is 29.5 Å². The van der Waals surface area contributed by atoms with Crippen molar-refractivity contribution in [1.29, 1.82) is 0 Å². The Balaban J connectivity index is 3.04. The highest BCUT2D eigenvalue weighted by molar-refractivity contribution is 5.91. The van der Waals surface area contributed by atoms with E-state index in [-0.39, 0.29) is 31.7 Å². The third-order valence-electron chi connectivity index (χ3n) is 5.66. The molecular weight excluding hydrogens is 478 g/mol. The molecule has 12 N–H and O–H groups in total. The van der Waals surface area contributed by atoms with Crippen molar-refractivity contribution < 1.29 is 39.3 Å². The van der Waals surface area contributed by atoms with E-state index in [1.807, 2.05) is 0 Å². The predicted octanol–water partition coefficient (Wildman–Crippen LogP) is -5.34. The van der Waals surface area contributed by atoms with E-state index in [0.717, 1.165) is 0 Å². The fourth-order valence-electron chi connectivity index (χ4n) is 3.41. The molecule has 1 heterocycles. The van der Waals surface area contributed by atoms with Crippen LogP contribution in [0.2, 0.25) is 0 Å². The molecule has 0 aromatic carbocycles. The van der Waals surface area contributed by atoms with Crippen LogP contribution in [0.5, 0.6) is 0 Å². The molecule has 0 bridgehead atoms. The smallest absolute Gasteiger partial charge is 0.245 e. The Morgan fingerprint density at radius 2 is 1.81 bits per heavy atom. The molecule has 5 amide bonds. The Kier molecular flexibility index (Phi) is 13.9. The molecule has 1 aliphatic heterocycles. The predicted molar refractivity (Wildman–Crippen MR) is 127 cm³/mol. The van der Waals surface area contributed by atoms with Crippen molar-refractivity contribution in [3.8, 4) is 0 Å². The molecule has 206 valence electrons. The summed E-state index contributed by atoms with van der Waals surface area (Å²) >= 11 is 0. The van der Waals surface area contributed by atoms with E-state index in [2.05, 4.69) is 26.6 Å². The van der Waals surface area contributed by atoms with Gasteiger partial charge in [-0.3, -0.25) is 24.0 Å². The third kappa shape index (κ3) is 10.8. The average Bonchev–Trinajstić information content (AvgIpc) is 2.83. The molecule has 0 aliphatic carbocycles. The maximum absolute atomic E-state index is 12.7. The van der Waals surface area contributed by atoms with Gasteiger partial charge in [-0.25, -0.2) is 0 Å². The lowest BCUT2D eigenvalue weighted by atomic mass is 10.1. The Labute approximate surface area is 209 Å². The number of aliphatic hydroxyl groups excluding tert-OH is 3. The second kappa shape index (κ2) is 16.0. The van der Waals surface area contributed by atoms with Gasteiger partial charge in [0.25, 0.3) is 0 Å². The zero-order valence-electron chi connectivity index (χ0n) is 20.4. The molecule has 1 fully saturated rings. The lowest BCUT2D eigenvalue weighted by Gasteiger charge is -2.27. The summed E-state index contributed by atoms with van der Waals surface area (Å²) in [5.41, 5.74) is 11.0. The van der Waals surface area contributed by atoms with E-state index in [9.17, 15) is 39.3 Å². The zero-order chi connectivity index (χ0) is 27.3. The monoisotopic (exact) mass is 517 g/mol. The van der Waals surface area contributed by atoms with Gasteiger partial charge in [0.05, 0.1) is 37.4 Å². The van der Waals surface area contributed by atoms with Crippen LogP contribution >= 0.6 is 0 Å². The van der Waals surface area contributed by atoms with Gasteiger partial charge >= 0.3 is 0 Å². The molecule has 1 aliphatic rings. The van der Waals surface area contributed by atoms with Crippen molar-refractivity contribution in [1.82, 2.24) is 26.6 Å². The summed E-state index contributed by atoms with van der Waals surface area (Å²) in [6, 6.07) is -5.54. The Morgan fingerprint density at radius 3 is 2.39 bits per heavy atom. The number of hydrogen-bond donors (Lipinski definition) is 10. The normalized spacial score (nSPS) is 27.3. The molecule has 6 atom stereocenters. The van der Waals surface area contributed by atoms with E-state index in [1.54, 1.807) is 0 Å². The number of aliphatic hydroxyl groups is 3. The van der Waals surface area contributed by atoms with Crippen molar-refractivity contribution in [2.75, 3.05) is 26.3 Å². The molecule has 1 unspecified atom stereocenters. The first-order chi connectivity index (χ1) is 17.0. The molecule has 1 saturated heterocycles. The summed E-state index contributed by atoms with van der Waals surface area (Å²) < 4.78 is 0. The lowest BCUT2D eigenvalue weighted by molar-refractivity contribution is -0.133. The maximum atomic E-state index is 12.7. The quantitative estimate of drug-likeness (QED) is 0.160. The molecule has 15 nitrogen and oxygen atoms in total. The number of primary amides is 1. The number of carbonyl (C=O) groups excluding carboxylic acids is 5. The van der Waals surface area contributed by atoms with Crippen LogP contribution in [0.25, 0.3) is 0 Å². The largest absolute Gasteiger partial charge is 0.394 e. The standard InChI is InChI=1S/C21H39N7O8/c1-11(31)17-21(36)26-12(9-29)8-25-14(20(35)27-15(10-30)18(23)33)4-2-3-7-24-16(32)6-5-13(22)19(34)28-17/h11-15,17,25,29-31H,2-10,22H2,1H3,(H2,23,33)(H,24,32)(H,26,36)(H,27,35)(H,28,34)/t11?,12-,13+,14+,15+,17+/m1/s1. The first kappa shape index (κ1) is 31.2. The van der Waals surface area contributed by atoms with Gasteiger partial charge in [-0.1, -0.05) is 0 Å². The van der Waals surface area contributed by atoms with E-state index < -0.39 is 73.2 Å². The first-order valence-electron chi connectivity index (χ1n) is 11.9. The highest BCUT2D eigenvalue weighted by Crippen LogP contribution is 2.04. The molecule has 0 radical (unpaired) electrons. The second-order valence-electron chi connectivity index (χ2n) is 8.71. The Morgan fingerprint density at radius 1 is 1.11 bits per heavy atom. The number of rotatable bonds is 6. The summed E-state index contributed by atoms with van der Waals surface area (Å²) in [6.45, 7) is 0.301. The molecule has 0 aromatic heterocycles. The lowest BCUT2D eigenvalue weighted by Crippen LogP contribution is -2.59. The van der Waals surface area contributed by atoms with Gasteiger partial charge in [-0.2, -0.15) is 0 Å². The number of hydrogen-bond acceptors (Lipinski definition) is 10. The van der Waals surface area contributed by atoms with Crippen LogP contribution in [0, 0.1) is 0 Å². The first-order valence-corrected chi connectivity index (χ1v) is 11.9. The summed E-state index contributed by atoms with van der Waals surface area (Å²) in [5, 5.41) is 41.8. The van der Waals surface area contributed by atoms with Crippen molar-refractivity contribution in [2.24, 2.45) is 11.5 Å². The average molecular weight is 518 g/mol. The van der Waals surface area contributed by atoms with Crippen LogP contribution in [-0.4, -0.2) is 107 Å². The van der Waals surface area contributed by atoms with E-state index in [1.165, 1.54) is 6.92 Å². The molecular formula is C21H39N7O8. The highest BCUT2D eigenvalue weighted by atomic mass is 16.3. The molecule has 0 aromatic rings. The van der Waals surface area contributed by atoms with Crippen molar-refractivity contribution >= 4 is 29.5 Å². The summed E-state index contributed by atoms with van der Waals surface area (Å²) in [5.74, 6) is -3.39. The number of nitrogens with one attached hydrogen (secondary N) is 5. The van der Waals surface area contributed by atoms with Crippen LogP contribution in [0.3, 0.4) is 0 Å². The van der Waals surface area contributed by atoms with Crippen LogP contribution in [0.4, 0.5) is 0 Å². The number of nitrogens with two attached hydrogens (primary N) is 2. The van der Waals surface area contributed by atoms with Crippen LogP contribution in [0.1, 0.15) is 39.0 Å².